The van der Waals surface area contributed by atoms with Gasteiger partial charge in [0.25, 0.3) is 0 Å². The molecule has 0 aliphatic carbocycles. The Bertz CT molecular complexity index is 3810. The Kier molecular flexibility index (Phi) is 8.32. The van der Waals surface area contributed by atoms with Gasteiger partial charge in [0.05, 0.1) is 22.1 Å². The maximum absolute atomic E-state index is 7.23. The maximum atomic E-state index is 7.23. The van der Waals surface area contributed by atoms with Crippen molar-refractivity contribution >= 4 is 145 Å². The Hall–Kier alpha value is -7.44. The fraction of sp³-hybridized carbons (Fsp3) is 0. The lowest BCUT2D eigenvalue weighted by molar-refractivity contribution is 0.669. The molecule has 0 saturated heterocycles. The molecule has 0 amide bonds. The molecular weight excluding hydrogens is 763 g/mol. The Morgan fingerprint density at radius 3 is 1.44 bits per heavy atom. The van der Waals surface area contributed by atoms with Crippen LogP contribution in [0.25, 0.3) is 111 Å². The lowest BCUT2D eigenvalue weighted by Crippen LogP contribution is -2.27. The van der Waals surface area contributed by atoms with Crippen molar-refractivity contribution in [2.75, 3.05) is 0 Å². The van der Waals surface area contributed by atoms with Crippen LogP contribution >= 0.6 is 0 Å². The first kappa shape index (κ1) is 37.3. The van der Waals surface area contributed by atoms with Gasteiger partial charge in [-0.1, -0.05) is 154 Å². The van der Waals surface area contributed by atoms with Crippen molar-refractivity contribution in [1.29, 1.82) is 0 Å². The zero-order valence-electron chi connectivity index (χ0n) is 33.5. The van der Waals surface area contributed by atoms with Crippen molar-refractivity contribution in [1.82, 2.24) is 24.1 Å². The molecule has 0 saturated carbocycles. The molecule has 8 aromatic carbocycles. The Morgan fingerprint density at radius 1 is 0.397 bits per heavy atom. The second kappa shape index (κ2) is 14.0. The van der Waals surface area contributed by atoms with Crippen LogP contribution in [0, 0.1) is 0 Å². The van der Waals surface area contributed by atoms with Gasteiger partial charge in [0.2, 0.25) is 0 Å². The first-order valence-corrected chi connectivity index (χ1v) is 20.4. The van der Waals surface area contributed by atoms with Crippen LogP contribution in [0.4, 0.5) is 0 Å². The minimum Gasteiger partial charge on any atom is -0.456 e. The van der Waals surface area contributed by atoms with E-state index in [0.29, 0.717) is 77.7 Å². The lowest BCUT2D eigenvalue weighted by Gasteiger charge is -2.16. The van der Waals surface area contributed by atoms with E-state index in [2.05, 4.69) is 15.2 Å². The van der Waals surface area contributed by atoms with Crippen LogP contribution in [0.5, 0.6) is 0 Å². The first-order chi connectivity index (χ1) is 30.7. The number of furan rings is 1. The number of rotatable bonds is 5. The van der Waals surface area contributed by atoms with Crippen LogP contribution < -0.4 is 32.8 Å². The molecule has 0 unspecified atom stereocenters. The highest BCUT2D eigenvalue weighted by molar-refractivity contribution is 6.61. The monoisotopic (exact) mass is 789 g/mol. The third-order valence-electron chi connectivity index (χ3n) is 12.0. The predicted molar refractivity (Wildman–Crippen MR) is 264 cm³/mol. The highest BCUT2D eigenvalue weighted by Crippen LogP contribution is 2.44. The van der Waals surface area contributed by atoms with Gasteiger partial charge in [-0.3, -0.25) is 0 Å². The topological polar surface area (TPSA) is 61.7 Å². The van der Waals surface area contributed by atoms with Crippen molar-refractivity contribution in [2.45, 2.75) is 0 Å². The van der Waals surface area contributed by atoms with Gasteiger partial charge in [-0.2, -0.15) is 0 Å². The lowest BCUT2D eigenvalue weighted by atomic mass is 9.74. The Labute approximate surface area is 369 Å². The van der Waals surface area contributed by atoms with Crippen LogP contribution in [-0.4, -0.2) is 71.2 Å². The predicted octanol–water partition coefficient (Wildman–Crippen LogP) is 5.73. The van der Waals surface area contributed by atoms with E-state index in [1.807, 2.05) is 133 Å². The normalized spacial score (nSPS) is 11.9. The van der Waals surface area contributed by atoms with Crippen LogP contribution in [-0.2, 0) is 0 Å². The van der Waals surface area contributed by atoms with Crippen molar-refractivity contribution in [3.63, 3.8) is 0 Å². The van der Waals surface area contributed by atoms with E-state index in [9.17, 15) is 0 Å². The average molecular weight is 789 g/mol. The number of para-hydroxylation sites is 1. The van der Waals surface area contributed by atoms with E-state index in [1.165, 1.54) is 0 Å². The molecule has 12 radical (unpaired) electrons. The molecule has 0 aliphatic rings. The largest absolute Gasteiger partial charge is 0.456 e. The zero-order valence-corrected chi connectivity index (χ0v) is 33.5. The summed E-state index contributed by atoms with van der Waals surface area (Å²) in [5.41, 5.74) is 11.0. The SMILES string of the molecule is [B]c1cc([B])c2c(c1)c1c([B])c([B])c3c4cc([B])cc([B])c4n(-c4cccc5oc6cccc(-c7nc(-c8ccccc8)nc(-c8ccccc8)n7)c6c45)c3c1n2-c1ccccc1. The molecule has 12 rings (SSSR count). The quantitative estimate of drug-likeness (QED) is 0.209. The van der Waals surface area contributed by atoms with Gasteiger partial charge in [0.1, 0.15) is 58.2 Å². The molecule has 0 atom stereocenters. The summed E-state index contributed by atoms with van der Waals surface area (Å²) in [7, 11) is 41.5. The van der Waals surface area contributed by atoms with Gasteiger partial charge in [-0.05, 0) is 30.3 Å². The molecule has 0 N–H and O–H groups in total. The molecule has 6 nitrogen and oxygen atoms in total. The molecule has 0 spiro atoms. The smallest absolute Gasteiger partial charge is 0.164 e. The first-order valence-electron chi connectivity index (χ1n) is 20.4. The number of hydrogen-bond acceptors (Lipinski definition) is 4. The number of benzene rings is 8. The van der Waals surface area contributed by atoms with Gasteiger partial charge in [-0.15, -0.1) is 0 Å². The van der Waals surface area contributed by atoms with Gasteiger partial charge >= 0.3 is 0 Å². The van der Waals surface area contributed by atoms with Crippen LogP contribution in [0.1, 0.15) is 0 Å². The molecule has 0 fully saturated rings. The number of aromatic nitrogens is 5. The molecule has 4 heterocycles. The molecule has 12 heteroatoms. The van der Waals surface area contributed by atoms with E-state index >= 15 is 0 Å². The van der Waals surface area contributed by atoms with E-state index < -0.39 is 0 Å². The Balaban J connectivity index is 1.27. The van der Waals surface area contributed by atoms with Gasteiger partial charge in [0.15, 0.2) is 17.5 Å². The molecule has 0 bridgehead atoms. The molecule has 12 aromatic rings. The van der Waals surface area contributed by atoms with E-state index in [1.54, 1.807) is 12.1 Å². The highest BCUT2D eigenvalue weighted by atomic mass is 16.3. The minimum absolute atomic E-state index is 0.372. The molecule has 63 heavy (non-hydrogen) atoms. The van der Waals surface area contributed by atoms with Crippen molar-refractivity contribution in [3.05, 3.63) is 152 Å². The summed E-state index contributed by atoms with van der Waals surface area (Å²) in [6.45, 7) is 0. The average Bonchev–Trinajstić information content (AvgIpc) is 3.97. The summed E-state index contributed by atoms with van der Waals surface area (Å²) < 4.78 is 11.0. The minimum atomic E-state index is 0.372. The van der Waals surface area contributed by atoms with Crippen LogP contribution in [0.3, 0.4) is 0 Å². The molecule has 0 aliphatic heterocycles. The number of hydrogen-bond donors (Lipinski definition) is 0. The summed E-state index contributed by atoms with van der Waals surface area (Å²) >= 11 is 0. The van der Waals surface area contributed by atoms with E-state index in [4.69, 9.17) is 66.4 Å². The molecule has 278 valence electrons. The molecular formula is C51H25B6N5O. The summed E-state index contributed by atoms with van der Waals surface area (Å²) in [4.78, 5) is 15.2. The van der Waals surface area contributed by atoms with Gasteiger partial charge < -0.3 is 13.6 Å². The maximum Gasteiger partial charge on any atom is 0.164 e. The van der Waals surface area contributed by atoms with Gasteiger partial charge in [0, 0.05) is 60.3 Å². The summed E-state index contributed by atoms with van der Waals surface area (Å²) in [5.74, 6) is 1.57. The van der Waals surface area contributed by atoms with Gasteiger partial charge in [-0.25, -0.2) is 15.0 Å². The van der Waals surface area contributed by atoms with Crippen LogP contribution in [0.15, 0.2) is 156 Å². The second-order valence-corrected chi connectivity index (χ2v) is 15.8. The third-order valence-corrected chi connectivity index (χ3v) is 12.0. The van der Waals surface area contributed by atoms with Crippen molar-refractivity contribution < 1.29 is 4.42 Å². The summed E-state index contributed by atoms with van der Waals surface area (Å²) in [5, 5.41) is 4.48. The molecule has 4 aromatic heterocycles. The Morgan fingerprint density at radius 2 is 0.873 bits per heavy atom. The summed E-state index contributed by atoms with van der Waals surface area (Å²) in [6.07, 6.45) is 0. The van der Waals surface area contributed by atoms with E-state index in [0.717, 1.165) is 66.2 Å². The highest BCUT2D eigenvalue weighted by Gasteiger charge is 2.28. The standard InChI is InChI=1S/C51H25B6N5O/c52-28-22-32-40-43(56)44(57)41-33-23-29(53)25-35(55)46(33)62(48(41)47(40)61(45(32)34(54)24-28)30-16-8-3-9-17-30)36-19-11-21-38-42(36)39-31(18-10-20-37(39)63-38)51-59-49(26-12-4-1-5-13-26)58-50(60-51)27-14-6-2-7-15-27/h1-25H. The number of nitrogens with zero attached hydrogens (tertiary/aromatic N) is 5. The van der Waals surface area contributed by atoms with Crippen molar-refractivity contribution in [3.8, 4) is 45.5 Å². The fourth-order valence-corrected chi connectivity index (χ4v) is 9.43. The fourth-order valence-electron chi connectivity index (χ4n) is 9.43. The zero-order chi connectivity index (χ0) is 42.7. The van der Waals surface area contributed by atoms with Crippen LogP contribution in [0.2, 0.25) is 0 Å². The summed E-state index contributed by atoms with van der Waals surface area (Å²) in [6, 6.07) is 49.1. The third kappa shape index (κ3) is 5.57. The van der Waals surface area contributed by atoms with Crippen molar-refractivity contribution in [2.24, 2.45) is 0 Å². The number of fused-ring (bicyclic) bond motifs is 10. The van der Waals surface area contributed by atoms with E-state index in [-0.39, 0.29) is 0 Å². The second-order valence-electron chi connectivity index (χ2n) is 15.8.